The minimum absolute atomic E-state index is 0.147. The molecule has 0 atom stereocenters. The van der Waals surface area contributed by atoms with Gasteiger partial charge in [0.15, 0.2) is 5.69 Å². The first-order valence-electron chi connectivity index (χ1n) is 6.11. The minimum Gasteiger partial charge on any atom is -0.396 e. The van der Waals surface area contributed by atoms with Crippen molar-refractivity contribution in [3.63, 3.8) is 0 Å². The summed E-state index contributed by atoms with van der Waals surface area (Å²) >= 11 is 5.00. The molecule has 0 saturated heterocycles. The average Bonchev–Trinajstić information content (AvgIpc) is 2.81. The molecule has 106 valence electrons. The van der Waals surface area contributed by atoms with Crippen LogP contribution in [-0.2, 0) is 6.54 Å². The second-order valence-corrected chi connectivity index (χ2v) is 6.42. The minimum atomic E-state index is -0.285. The van der Waals surface area contributed by atoms with Gasteiger partial charge in [-0.3, -0.25) is 4.79 Å². The van der Waals surface area contributed by atoms with Crippen LogP contribution in [0.15, 0.2) is 22.1 Å². The lowest BCUT2D eigenvalue weighted by molar-refractivity contribution is 0.0946. The third-order valence-electron chi connectivity index (χ3n) is 2.67. The molecule has 2 aromatic heterocycles. The van der Waals surface area contributed by atoms with Gasteiger partial charge in [-0.15, -0.1) is 11.3 Å². The Morgan fingerprint density at radius 3 is 2.90 bits per heavy atom. The van der Waals surface area contributed by atoms with Gasteiger partial charge >= 0.3 is 0 Å². The summed E-state index contributed by atoms with van der Waals surface area (Å²) in [5.74, 6) is 0.474. The molecule has 3 N–H and O–H groups in total. The molecule has 5 nitrogen and oxygen atoms in total. The van der Waals surface area contributed by atoms with Crippen LogP contribution in [0.2, 0.25) is 0 Å². The van der Waals surface area contributed by atoms with Gasteiger partial charge in [0.2, 0.25) is 0 Å². The van der Waals surface area contributed by atoms with Crippen LogP contribution in [-0.4, -0.2) is 15.9 Å². The molecule has 7 heteroatoms. The van der Waals surface area contributed by atoms with Gasteiger partial charge in [0.25, 0.3) is 5.91 Å². The van der Waals surface area contributed by atoms with Crippen LogP contribution in [0.3, 0.4) is 0 Å². The standard InChI is InChI=1S/C13H15BrN4OS/c1-7(2)12-16-5-9(15)11(18-12)13(19)17-6-10-8(14)3-4-20-10/h3-5,7H,6,15H2,1-2H3,(H,17,19). The summed E-state index contributed by atoms with van der Waals surface area (Å²) in [5, 5.41) is 4.78. The number of nitrogens with zero attached hydrogens (tertiary/aromatic N) is 2. The molecule has 0 aromatic carbocycles. The number of halogens is 1. The molecule has 0 saturated carbocycles. The summed E-state index contributed by atoms with van der Waals surface area (Å²) in [6.45, 7) is 4.38. The smallest absolute Gasteiger partial charge is 0.272 e. The number of rotatable bonds is 4. The summed E-state index contributed by atoms with van der Waals surface area (Å²) in [7, 11) is 0. The highest BCUT2D eigenvalue weighted by Crippen LogP contribution is 2.22. The number of nitrogens with two attached hydrogens (primary N) is 1. The lowest BCUT2D eigenvalue weighted by Crippen LogP contribution is -2.25. The predicted octanol–water partition coefficient (Wildman–Crippen LogP) is 2.94. The summed E-state index contributed by atoms with van der Waals surface area (Å²) in [4.78, 5) is 21.6. The van der Waals surface area contributed by atoms with Crippen molar-refractivity contribution in [1.82, 2.24) is 15.3 Å². The van der Waals surface area contributed by atoms with Crippen molar-refractivity contribution in [1.29, 1.82) is 0 Å². The Hall–Kier alpha value is -1.47. The van der Waals surface area contributed by atoms with Gasteiger partial charge in [0.1, 0.15) is 5.82 Å². The SMILES string of the molecule is CC(C)c1ncc(N)c(C(=O)NCc2sccc2Br)n1. The van der Waals surface area contributed by atoms with E-state index in [1.165, 1.54) is 6.20 Å². The lowest BCUT2D eigenvalue weighted by atomic mass is 10.2. The molecule has 2 heterocycles. The maximum Gasteiger partial charge on any atom is 0.272 e. The maximum atomic E-state index is 12.2. The van der Waals surface area contributed by atoms with E-state index in [4.69, 9.17) is 5.73 Å². The Morgan fingerprint density at radius 2 is 2.30 bits per heavy atom. The molecular formula is C13H15BrN4OS. The van der Waals surface area contributed by atoms with Crippen LogP contribution in [0.5, 0.6) is 0 Å². The van der Waals surface area contributed by atoms with Crippen LogP contribution in [0, 0.1) is 0 Å². The average molecular weight is 355 g/mol. The number of nitrogens with one attached hydrogen (secondary N) is 1. The van der Waals surface area contributed by atoms with Crippen molar-refractivity contribution in [2.24, 2.45) is 0 Å². The van der Waals surface area contributed by atoms with Crippen molar-refractivity contribution in [3.8, 4) is 0 Å². The second kappa shape index (κ2) is 6.32. The van der Waals surface area contributed by atoms with Gasteiger partial charge < -0.3 is 11.1 Å². The van der Waals surface area contributed by atoms with Gasteiger partial charge in [-0.1, -0.05) is 13.8 Å². The van der Waals surface area contributed by atoms with Crippen LogP contribution in [0.25, 0.3) is 0 Å². The Morgan fingerprint density at radius 1 is 1.55 bits per heavy atom. The van der Waals surface area contributed by atoms with Crippen molar-refractivity contribution in [2.45, 2.75) is 26.3 Å². The lowest BCUT2D eigenvalue weighted by Gasteiger charge is -2.09. The number of thiophene rings is 1. The third-order valence-corrected chi connectivity index (χ3v) is 4.59. The number of carbonyl (C=O) groups is 1. The highest BCUT2D eigenvalue weighted by atomic mass is 79.9. The maximum absolute atomic E-state index is 12.2. The first-order chi connectivity index (χ1) is 9.49. The zero-order valence-electron chi connectivity index (χ0n) is 11.2. The fraction of sp³-hybridized carbons (Fsp3) is 0.308. The Balaban J connectivity index is 2.13. The highest BCUT2D eigenvalue weighted by molar-refractivity contribution is 9.10. The largest absolute Gasteiger partial charge is 0.396 e. The molecule has 0 unspecified atom stereocenters. The molecule has 2 aromatic rings. The monoisotopic (exact) mass is 354 g/mol. The molecule has 0 fully saturated rings. The molecule has 0 bridgehead atoms. The summed E-state index contributed by atoms with van der Waals surface area (Å²) < 4.78 is 0.987. The van der Waals surface area contributed by atoms with Crippen molar-refractivity contribution < 1.29 is 4.79 Å². The van der Waals surface area contributed by atoms with Gasteiger partial charge in [0.05, 0.1) is 18.4 Å². The second-order valence-electron chi connectivity index (χ2n) is 4.56. The number of hydrogen-bond donors (Lipinski definition) is 2. The Bertz CT molecular complexity index is 627. The van der Waals surface area contributed by atoms with E-state index in [0.717, 1.165) is 9.35 Å². The molecule has 2 rings (SSSR count). The van der Waals surface area contributed by atoms with E-state index in [0.29, 0.717) is 12.4 Å². The van der Waals surface area contributed by atoms with E-state index in [1.807, 2.05) is 25.3 Å². The molecule has 0 aliphatic carbocycles. The van der Waals surface area contributed by atoms with Crippen molar-refractivity contribution in [3.05, 3.63) is 38.5 Å². The van der Waals surface area contributed by atoms with Gasteiger partial charge in [0, 0.05) is 15.3 Å². The molecule has 1 amide bonds. The molecule has 0 aliphatic rings. The van der Waals surface area contributed by atoms with E-state index in [2.05, 4.69) is 31.2 Å². The van der Waals surface area contributed by atoms with Crippen LogP contribution >= 0.6 is 27.3 Å². The fourth-order valence-corrected chi connectivity index (χ4v) is 2.99. The first kappa shape index (κ1) is 14.9. The summed E-state index contributed by atoms with van der Waals surface area (Å²) in [5.41, 5.74) is 6.30. The molecule has 0 aliphatic heterocycles. The molecule has 20 heavy (non-hydrogen) atoms. The summed E-state index contributed by atoms with van der Waals surface area (Å²) in [6.07, 6.45) is 1.48. The third kappa shape index (κ3) is 3.34. The number of amides is 1. The zero-order valence-corrected chi connectivity index (χ0v) is 13.6. The van der Waals surface area contributed by atoms with Gasteiger partial charge in [-0.2, -0.15) is 0 Å². The van der Waals surface area contributed by atoms with Crippen molar-refractivity contribution >= 4 is 38.9 Å². The van der Waals surface area contributed by atoms with E-state index in [1.54, 1.807) is 11.3 Å². The van der Waals surface area contributed by atoms with Gasteiger partial charge in [-0.25, -0.2) is 9.97 Å². The van der Waals surface area contributed by atoms with E-state index in [-0.39, 0.29) is 23.2 Å². The predicted molar refractivity (Wildman–Crippen MR) is 83.7 cm³/mol. The van der Waals surface area contributed by atoms with Gasteiger partial charge in [-0.05, 0) is 27.4 Å². The summed E-state index contributed by atoms with van der Waals surface area (Å²) in [6, 6.07) is 1.95. The number of anilines is 1. The van der Waals surface area contributed by atoms with Crippen LogP contribution < -0.4 is 11.1 Å². The molecule has 0 spiro atoms. The van der Waals surface area contributed by atoms with Crippen molar-refractivity contribution in [2.75, 3.05) is 5.73 Å². The van der Waals surface area contributed by atoms with Crippen LogP contribution in [0.1, 0.15) is 41.0 Å². The normalized spacial score (nSPS) is 10.8. The topological polar surface area (TPSA) is 80.9 Å². The zero-order chi connectivity index (χ0) is 14.7. The molecule has 0 radical (unpaired) electrons. The van der Waals surface area contributed by atoms with E-state index in [9.17, 15) is 4.79 Å². The number of nitrogen functional groups attached to an aromatic ring is 1. The fourth-order valence-electron chi connectivity index (χ4n) is 1.56. The van der Waals surface area contributed by atoms with E-state index >= 15 is 0 Å². The number of carbonyl (C=O) groups excluding carboxylic acids is 1. The highest BCUT2D eigenvalue weighted by Gasteiger charge is 2.15. The molecular weight excluding hydrogens is 340 g/mol. The first-order valence-corrected chi connectivity index (χ1v) is 7.78. The Kier molecular flexibility index (Phi) is 4.72. The Labute approximate surface area is 129 Å². The number of hydrogen-bond acceptors (Lipinski definition) is 5. The van der Waals surface area contributed by atoms with E-state index < -0.39 is 0 Å². The van der Waals surface area contributed by atoms with Crippen LogP contribution in [0.4, 0.5) is 5.69 Å². The number of aromatic nitrogens is 2. The quantitative estimate of drug-likeness (QED) is 0.884.